The number of amidine groups is 1. The first-order valence-corrected chi connectivity index (χ1v) is 10.9. The molecule has 0 aromatic heterocycles. The summed E-state index contributed by atoms with van der Waals surface area (Å²) in [5.74, 6) is -0.574. The Labute approximate surface area is 205 Å². The summed E-state index contributed by atoms with van der Waals surface area (Å²) >= 11 is 17.0. The van der Waals surface area contributed by atoms with Gasteiger partial charge in [0.2, 0.25) is 0 Å². The van der Waals surface area contributed by atoms with Crippen LogP contribution in [0.5, 0.6) is 0 Å². The van der Waals surface area contributed by atoms with Crippen LogP contribution in [0.4, 0.5) is 8.78 Å². The van der Waals surface area contributed by atoms with Crippen molar-refractivity contribution in [2.45, 2.75) is 32.1 Å². The van der Waals surface area contributed by atoms with Gasteiger partial charge in [0.05, 0.1) is 12.3 Å². The van der Waals surface area contributed by atoms with Crippen LogP contribution < -0.4 is 5.73 Å². The van der Waals surface area contributed by atoms with Gasteiger partial charge in [-0.15, -0.1) is 0 Å². The largest absolute Gasteiger partial charge is 0.465 e. The second kappa shape index (κ2) is 12.2. The fraction of sp³-hybridized carbons (Fsp3) is 0.318. The number of alkyl halides is 3. The van der Waals surface area contributed by atoms with Crippen molar-refractivity contribution < 1.29 is 23.1 Å². The number of hydrogen-bond donors (Lipinski definition) is 1. The molecule has 178 valence electrons. The maximum absolute atomic E-state index is 13.0. The summed E-state index contributed by atoms with van der Waals surface area (Å²) in [6, 6.07) is 9.68. The first kappa shape index (κ1) is 26.8. The van der Waals surface area contributed by atoms with E-state index in [0.29, 0.717) is 45.3 Å². The third-order valence-corrected chi connectivity index (χ3v) is 4.82. The highest BCUT2D eigenvalue weighted by Gasteiger charge is 2.26. The predicted octanol–water partition coefficient (Wildman–Crippen LogP) is 5.98. The Morgan fingerprint density at radius 2 is 1.82 bits per heavy atom. The molecule has 6 nitrogen and oxygen atoms in total. The van der Waals surface area contributed by atoms with Gasteiger partial charge in [0.25, 0.3) is 11.9 Å². The molecule has 2 N–H and O–H groups in total. The highest BCUT2D eigenvalue weighted by molar-refractivity contribution is 6.34. The smallest absolute Gasteiger partial charge is 0.357 e. The number of benzene rings is 2. The van der Waals surface area contributed by atoms with Crippen LogP contribution in [0, 0.1) is 6.92 Å². The second-order valence-electron chi connectivity index (χ2n) is 6.92. The van der Waals surface area contributed by atoms with Gasteiger partial charge in [0.15, 0.2) is 6.61 Å². The van der Waals surface area contributed by atoms with Crippen LogP contribution in [0.25, 0.3) is 0 Å². The summed E-state index contributed by atoms with van der Waals surface area (Å²) in [6.45, 7) is 2.60. The number of ether oxygens (including phenoxy) is 1. The van der Waals surface area contributed by atoms with Gasteiger partial charge >= 0.3 is 5.38 Å². The van der Waals surface area contributed by atoms with Crippen molar-refractivity contribution in [1.29, 1.82) is 0 Å². The molecule has 0 bridgehead atoms. The van der Waals surface area contributed by atoms with E-state index >= 15 is 0 Å². The van der Waals surface area contributed by atoms with Crippen LogP contribution in [0.2, 0.25) is 10.0 Å². The van der Waals surface area contributed by atoms with Crippen molar-refractivity contribution in [3.05, 3.63) is 68.7 Å². The van der Waals surface area contributed by atoms with Gasteiger partial charge in [-0.25, -0.2) is 0 Å². The van der Waals surface area contributed by atoms with Crippen molar-refractivity contribution in [3.8, 4) is 0 Å². The Kier molecular flexibility index (Phi) is 9.88. The maximum Gasteiger partial charge on any atom is 0.357 e. The topological polar surface area (TPSA) is 86.3 Å². The van der Waals surface area contributed by atoms with Gasteiger partial charge in [0, 0.05) is 15.6 Å². The van der Waals surface area contributed by atoms with Gasteiger partial charge < -0.3 is 15.3 Å². The minimum Gasteiger partial charge on any atom is -0.465 e. The number of rotatable bonds is 9. The van der Waals surface area contributed by atoms with Gasteiger partial charge in [-0.3, -0.25) is 4.79 Å². The molecule has 33 heavy (non-hydrogen) atoms. The molecule has 1 amide bonds. The van der Waals surface area contributed by atoms with Crippen molar-refractivity contribution in [2.75, 3.05) is 13.2 Å². The normalized spacial score (nSPS) is 12.6. The van der Waals surface area contributed by atoms with Crippen molar-refractivity contribution in [1.82, 2.24) is 0 Å². The summed E-state index contributed by atoms with van der Waals surface area (Å²) in [4.78, 5) is 20.8. The van der Waals surface area contributed by atoms with Gasteiger partial charge in [-0.05, 0) is 85.3 Å². The Hall–Kier alpha value is -2.42. The SMILES string of the molecule is CCOC(N)=NC(=O)c1ccc(/C(CCc2cc(Cl)cc(Cl)c2)=N/OCC(F)(F)Cl)cc1C. The zero-order chi connectivity index (χ0) is 24.6. The van der Waals surface area contributed by atoms with E-state index in [9.17, 15) is 13.6 Å². The monoisotopic (exact) mass is 519 g/mol. The van der Waals surface area contributed by atoms with Crippen LogP contribution in [-0.4, -0.2) is 36.2 Å². The minimum absolute atomic E-state index is 0.233. The molecule has 0 fully saturated rings. The summed E-state index contributed by atoms with van der Waals surface area (Å²) in [7, 11) is 0. The van der Waals surface area contributed by atoms with E-state index in [2.05, 4.69) is 10.1 Å². The van der Waals surface area contributed by atoms with Crippen molar-refractivity contribution >= 4 is 52.4 Å². The molecule has 2 aromatic rings. The Morgan fingerprint density at radius 3 is 2.39 bits per heavy atom. The molecule has 0 saturated carbocycles. The number of hydrogen-bond acceptors (Lipinski definition) is 4. The molecule has 0 radical (unpaired) electrons. The second-order valence-corrected chi connectivity index (χ2v) is 8.35. The van der Waals surface area contributed by atoms with Crippen LogP contribution in [-0.2, 0) is 16.0 Å². The molecule has 0 atom stereocenters. The predicted molar refractivity (Wildman–Crippen MR) is 127 cm³/mol. The maximum atomic E-state index is 13.0. The van der Waals surface area contributed by atoms with Crippen LogP contribution in [0.3, 0.4) is 0 Å². The number of amides is 1. The lowest BCUT2D eigenvalue weighted by Gasteiger charge is -2.12. The molecule has 2 rings (SSSR count). The Balaban J connectivity index is 2.29. The molecule has 0 saturated heterocycles. The summed E-state index contributed by atoms with van der Waals surface area (Å²) < 4.78 is 30.9. The van der Waals surface area contributed by atoms with Gasteiger partial charge in [-0.1, -0.05) is 34.4 Å². The number of halogens is 5. The summed E-state index contributed by atoms with van der Waals surface area (Å²) in [5.41, 5.74) is 8.17. The highest BCUT2D eigenvalue weighted by Crippen LogP contribution is 2.22. The first-order valence-electron chi connectivity index (χ1n) is 9.81. The standard InChI is InChI=1S/C22H22Cl3F2N3O3/c1-3-32-21(28)29-20(31)18-6-5-15(8-13(18)2)19(30-33-12-22(25,26)27)7-4-14-9-16(23)11-17(24)10-14/h5-6,8-11H,3-4,7,12H2,1-2H3,(H2,28,29,31)/b30-19+. The fourth-order valence-corrected chi connectivity index (χ4v) is 3.49. The number of oxime groups is 1. The molecule has 0 aliphatic heterocycles. The Morgan fingerprint density at radius 1 is 1.15 bits per heavy atom. The quantitative estimate of drug-likeness (QED) is 0.191. The van der Waals surface area contributed by atoms with Crippen molar-refractivity contribution in [2.24, 2.45) is 15.9 Å². The lowest BCUT2D eigenvalue weighted by molar-refractivity contribution is -0.0119. The molecule has 11 heteroatoms. The third kappa shape index (κ3) is 9.15. The van der Waals surface area contributed by atoms with Crippen LogP contribution >= 0.6 is 34.8 Å². The van der Waals surface area contributed by atoms with Crippen LogP contribution in [0.15, 0.2) is 46.5 Å². The van der Waals surface area contributed by atoms with E-state index in [1.165, 1.54) is 6.07 Å². The molecular formula is C22H22Cl3F2N3O3. The number of aryl methyl sites for hydroxylation is 2. The van der Waals surface area contributed by atoms with Gasteiger partial charge in [-0.2, -0.15) is 13.8 Å². The van der Waals surface area contributed by atoms with E-state index in [4.69, 9.17) is 50.1 Å². The van der Waals surface area contributed by atoms with Gasteiger partial charge in [0.1, 0.15) is 0 Å². The van der Waals surface area contributed by atoms with E-state index in [1.807, 2.05) is 0 Å². The van der Waals surface area contributed by atoms with E-state index < -0.39 is 17.9 Å². The molecule has 0 aliphatic carbocycles. The zero-order valence-electron chi connectivity index (χ0n) is 17.9. The van der Waals surface area contributed by atoms with Crippen LogP contribution in [0.1, 0.15) is 40.4 Å². The number of nitrogens with zero attached hydrogens (tertiary/aromatic N) is 2. The molecular weight excluding hydrogens is 499 g/mol. The average molecular weight is 521 g/mol. The van der Waals surface area contributed by atoms with E-state index in [1.54, 1.807) is 44.2 Å². The first-order chi connectivity index (χ1) is 15.5. The number of carbonyl (C=O) groups is 1. The summed E-state index contributed by atoms with van der Waals surface area (Å²) in [6.07, 6.45) is 0.765. The fourth-order valence-electron chi connectivity index (χ4n) is 2.87. The summed E-state index contributed by atoms with van der Waals surface area (Å²) in [5, 5.41) is 1.25. The number of carbonyl (C=O) groups excluding carboxylic acids is 1. The highest BCUT2D eigenvalue weighted by atomic mass is 35.5. The minimum atomic E-state index is -3.56. The molecule has 0 spiro atoms. The molecule has 0 aliphatic rings. The lowest BCUT2D eigenvalue weighted by Crippen LogP contribution is -2.18. The van der Waals surface area contributed by atoms with E-state index in [-0.39, 0.29) is 12.6 Å². The Bertz CT molecular complexity index is 1040. The third-order valence-electron chi connectivity index (χ3n) is 4.27. The number of aliphatic imine (C=N–C) groups is 1. The van der Waals surface area contributed by atoms with E-state index in [0.717, 1.165) is 5.56 Å². The molecule has 2 aromatic carbocycles. The van der Waals surface area contributed by atoms with Crippen molar-refractivity contribution in [3.63, 3.8) is 0 Å². The number of nitrogens with two attached hydrogens (primary N) is 1. The lowest BCUT2D eigenvalue weighted by atomic mass is 9.98. The molecule has 0 heterocycles. The zero-order valence-corrected chi connectivity index (χ0v) is 20.1. The molecule has 0 unspecified atom stereocenters. The average Bonchev–Trinajstić information content (AvgIpc) is 2.69.